The van der Waals surface area contributed by atoms with Crippen LogP contribution in [0.3, 0.4) is 0 Å². The lowest BCUT2D eigenvalue weighted by Crippen LogP contribution is -2.25. The maximum atomic E-state index is 11.0. The van der Waals surface area contributed by atoms with E-state index in [1.54, 1.807) is 11.8 Å². The Morgan fingerprint density at radius 3 is 3.07 bits per heavy atom. The molecule has 1 amide bonds. The van der Waals surface area contributed by atoms with Crippen LogP contribution in [0.25, 0.3) is 0 Å². The summed E-state index contributed by atoms with van der Waals surface area (Å²) in [5.41, 5.74) is 3.75. The van der Waals surface area contributed by atoms with Gasteiger partial charge in [-0.1, -0.05) is 6.07 Å². The number of amides is 1. The topological polar surface area (TPSA) is 41.3 Å². The Morgan fingerprint density at radius 1 is 1.53 bits per heavy atom. The molecule has 0 spiro atoms. The minimum Gasteiger partial charge on any atom is -0.497 e. The van der Waals surface area contributed by atoms with Crippen molar-refractivity contribution in [2.45, 2.75) is 6.42 Å². The van der Waals surface area contributed by atoms with Gasteiger partial charge in [0.25, 0.3) is 5.91 Å². The number of benzene rings is 1. The first-order chi connectivity index (χ1) is 7.28. The molecule has 0 aliphatic carbocycles. The first-order valence-electron chi connectivity index (χ1n) is 4.83. The molecule has 4 nitrogen and oxygen atoms in total. The quantitative estimate of drug-likeness (QED) is 0.717. The maximum absolute atomic E-state index is 11.0. The van der Waals surface area contributed by atoms with Gasteiger partial charge >= 0.3 is 0 Å². The highest BCUT2D eigenvalue weighted by Crippen LogP contribution is 2.10. The van der Waals surface area contributed by atoms with E-state index in [-0.39, 0.29) is 5.91 Å². The van der Waals surface area contributed by atoms with Crippen molar-refractivity contribution in [1.29, 1.82) is 0 Å². The van der Waals surface area contributed by atoms with Crippen LogP contribution in [0.15, 0.2) is 24.3 Å². The van der Waals surface area contributed by atoms with E-state index in [0.29, 0.717) is 6.42 Å². The first kappa shape index (κ1) is 9.71. The Balaban J connectivity index is 2.19. The molecule has 1 aliphatic heterocycles. The summed E-state index contributed by atoms with van der Waals surface area (Å²) in [6.45, 7) is 0.718. The standard InChI is InChI=1S/C11H12N2O2/c1-15-10-4-2-3-9(7-10)8-13-6-5-11(14)12-13/h2-4,7-8H,5-6H2,1H3/p+1/b13-8+. The Hall–Kier alpha value is -1.84. The van der Waals surface area contributed by atoms with E-state index in [0.717, 1.165) is 17.9 Å². The summed E-state index contributed by atoms with van der Waals surface area (Å²) in [5, 5.41) is 0. The Kier molecular flexibility index (Phi) is 2.67. The van der Waals surface area contributed by atoms with Crippen LogP contribution < -0.4 is 10.2 Å². The van der Waals surface area contributed by atoms with Gasteiger partial charge in [0.1, 0.15) is 5.75 Å². The number of hydrazone groups is 1. The summed E-state index contributed by atoms with van der Waals surface area (Å²) in [4.78, 5) is 11.0. The zero-order valence-corrected chi connectivity index (χ0v) is 8.56. The predicted molar refractivity (Wildman–Crippen MR) is 56.0 cm³/mol. The molecule has 1 aromatic rings. The van der Waals surface area contributed by atoms with Crippen LogP contribution in [0.5, 0.6) is 5.75 Å². The van der Waals surface area contributed by atoms with Crippen LogP contribution in [0.2, 0.25) is 0 Å². The van der Waals surface area contributed by atoms with E-state index in [4.69, 9.17) is 4.74 Å². The molecule has 1 saturated heterocycles. The molecule has 1 fully saturated rings. The molecule has 78 valence electrons. The van der Waals surface area contributed by atoms with Gasteiger partial charge in [-0.25, -0.2) is 0 Å². The third-order valence-electron chi connectivity index (χ3n) is 2.25. The monoisotopic (exact) mass is 205 g/mol. The molecule has 0 saturated carbocycles. The van der Waals surface area contributed by atoms with Gasteiger partial charge in [-0.05, 0) is 18.2 Å². The molecule has 0 atom stereocenters. The second-order valence-electron chi connectivity index (χ2n) is 3.38. The van der Waals surface area contributed by atoms with Crippen molar-refractivity contribution in [2.75, 3.05) is 13.7 Å². The van der Waals surface area contributed by atoms with Crippen LogP contribution >= 0.6 is 0 Å². The molecule has 1 N–H and O–H groups in total. The number of hydrogen-bond donors (Lipinski definition) is 1. The van der Waals surface area contributed by atoms with Crippen molar-refractivity contribution in [3.8, 4) is 5.75 Å². The van der Waals surface area contributed by atoms with Crippen molar-refractivity contribution >= 4 is 12.1 Å². The number of ether oxygens (including phenoxy) is 1. The van der Waals surface area contributed by atoms with Crippen molar-refractivity contribution in [1.82, 2.24) is 5.43 Å². The molecule has 1 heterocycles. The molecule has 0 unspecified atom stereocenters. The molecule has 15 heavy (non-hydrogen) atoms. The fourth-order valence-electron chi connectivity index (χ4n) is 1.49. The number of rotatable bonds is 2. The minimum atomic E-state index is 0.0640. The minimum absolute atomic E-state index is 0.0640. The van der Waals surface area contributed by atoms with E-state index < -0.39 is 0 Å². The van der Waals surface area contributed by atoms with E-state index >= 15 is 0 Å². The van der Waals surface area contributed by atoms with E-state index in [9.17, 15) is 4.79 Å². The van der Waals surface area contributed by atoms with Gasteiger partial charge in [-0.2, -0.15) is 0 Å². The van der Waals surface area contributed by atoms with E-state index in [2.05, 4.69) is 5.43 Å². The van der Waals surface area contributed by atoms with Gasteiger partial charge in [-0.15, -0.1) is 10.1 Å². The van der Waals surface area contributed by atoms with Crippen LogP contribution in [-0.2, 0) is 4.79 Å². The first-order valence-corrected chi connectivity index (χ1v) is 4.83. The Bertz CT molecular complexity index is 413. The molecule has 0 radical (unpaired) electrons. The van der Waals surface area contributed by atoms with Crippen LogP contribution in [0.4, 0.5) is 0 Å². The van der Waals surface area contributed by atoms with Gasteiger partial charge < -0.3 is 4.74 Å². The average Bonchev–Trinajstić information content (AvgIpc) is 2.64. The van der Waals surface area contributed by atoms with Crippen molar-refractivity contribution in [3.63, 3.8) is 0 Å². The number of hydrazine groups is 1. The maximum Gasteiger partial charge on any atom is 0.280 e. The fourth-order valence-corrected chi connectivity index (χ4v) is 1.49. The van der Waals surface area contributed by atoms with Gasteiger partial charge in [0.2, 0.25) is 6.21 Å². The van der Waals surface area contributed by atoms with E-state index in [1.807, 2.05) is 30.5 Å². The van der Waals surface area contributed by atoms with Crippen LogP contribution in [0.1, 0.15) is 12.0 Å². The summed E-state index contributed by atoms with van der Waals surface area (Å²) >= 11 is 0. The smallest absolute Gasteiger partial charge is 0.280 e. The lowest BCUT2D eigenvalue weighted by atomic mass is 10.2. The normalized spacial score (nSPS) is 17.9. The van der Waals surface area contributed by atoms with Crippen molar-refractivity contribution < 1.29 is 14.2 Å². The number of methoxy groups -OCH3 is 1. The highest BCUT2D eigenvalue weighted by Gasteiger charge is 2.20. The largest absolute Gasteiger partial charge is 0.497 e. The molecule has 4 heteroatoms. The zero-order chi connectivity index (χ0) is 10.7. The third-order valence-corrected chi connectivity index (χ3v) is 2.25. The summed E-state index contributed by atoms with van der Waals surface area (Å²) < 4.78 is 6.90. The number of nitrogens with zero attached hydrogens (tertiary/aromatic N) is 1. The summed E-state index contributed by atoms with van der Waals surface area (Å²) in [5.74, 6) is 0.878. The van der Waals surface area contributed by atoms with Gasteiger partial charge in [0.15, 0.2) is 6.54 Å². The number of hydrogen-bond acceptors (Lipinski definition) is 2. The van der Waals surface area contributed by atoms with Crippen molar-refractivity contribution in [3.05, 3.63) is 29.8 Å². The van der Waals surface area contributed by atoms with Gasteiger partial charge in [0, 0.05) is 5.56 Å². The number of carbonyl (C=O) groups excluding carboxylic acids is 1. The molecule has 0 bridgehead atoms. The lowest BCUT2D eigenvalue weighted by Gasteiger charge is -1.98. The Morgan fingerprint density at radius 2 is 2.40 bits per heavy atom. The van der Waals surface area contributed by atoms with E-state index in [1.165, 1.54) is 0 Å². The van der Waals surface area contributed by atoms with Crippen molar-refractivity contribution in [2.24, 2.45) is 0 Å². The predicted octanol–water partition coefficient (Wildman–Crippen LogP) is 0.561. The summed E-state index contributed by atoms with van der Waals surface area (Å²) in [6.07, 6.45) is 2.45. The SMILES string of the molecule is COc1cccc(/C=[N+]2\CCC(=O)N2)c1. The fraction of sp³-hybridized carbons (Fsp3) is 0.273. The van der Waals surface area contributed by atoms with Gasteiger partial charge in [-0.3, -0.25) is 4.79 Å². The third kappa shape index (κ3) is 2.34. The molecular formula is C11H13N2O2+. The van der Waals surface area contributed by atoms with Crippen LogP contribution in [-0.4, -0.2) is 30.5 Å². The molecule has 2 rings (SSSR count). The second kappa shape index (κ2) is 4.13. The highest BCUT2D eigenvalue weighted by molar-refractivity contribution is 5.80. The summed E-state index contributed by atoms with van der Waals surface area (Å²) in [6, 6.07) is 7.69. The molecule has 1 aromatic carbocycles. The highest BCUT2D eigenvalue weighted by atomic mass is 16.5. The second-order valence-corrected chi connectivity index (χ2v) is 3.38. The summed E-state index contributed by atoms with van der Waals surface area (Å²) in [7, 11) is 1.64. The lowest BCUT2D eigenvalue weighted by molar-refractivity contribution is -0.553. The number of carbonyl (C=O) groups is 1. The zero-order valence-electron chi connectivity index (χ0n) is 8.56. The molecule has 1 aliphatic rings. The van der Waals surface area contributed by atoms with Gasteiger partial charge in [0.05, 0.1) is 13.5 Å². The number of nitrogens with one attached hydrogen (secondary N) is 1. The molecule has 0 aromatic heterocycles. The molecular weight excluding hydrogens is 192 g/mol. The average molecular weight is 205 g/mol. The van der Waals surface area contributed by atoms with Crippen LogP contribution in [0, 0.1) is 0 Å². The Labute approximate surface area is 88.2 Å².